The van der Waals surface area contributed by atoms with Crippen LogP contribution in [0, 0.1) is 14.1 Å². The van der Waals surface area contributed by atoms with E-state index in [2.05, 4.69) is 254 Å². The Morgan fingerprint density at radius 1 is 0.361 bits per heavy atom. The van der Waals surface area contributed by atoms with Gasteiger partial charge in [0.15, 0.2) is 0 Å². The van der Waals surface area contributed by atoms with Crippen molar-refractivity contribution in [1.29, 1.82) is 0 Å². The van der Waals surface area contributed by atoms with Crippen molar-refractivity contribution in [3.05, 3.63) is 249 Å². The number of rotatable bonds is 6. The third-order valence-electron chi connectivity index (χ3n) is 15.6. The predicted octanol–water partition coefficient (Wildman–Crippen LogP) is 15.3. The monoisotopic (exact) mass is 1030 g/mol. The topological polar surface area (TPSA) is 9.86 Å². The van der Waals surface area contributed by atoms with Crippen LogP contribution < -0.4 is 21.2 Å². The molecule has 1 aliphatic heterocycles. The summed E-state index contributed by atoms with van der Waals surface area (Å²) in [6.07, 6.45) is 0.903. The second-order valence-corrected chi connectivity index (χ2v) is 22.1. The Kier molecular flexibility index (Phi) is 9.31. The van der Waals surface area contributed by atoms with Crippen molar-refractivity contribution in [3.63, 3.8) is 0 Å². The number of hydrogen-bond acceptors (Lipinski definition) is 0. The standard InChI is InChI=1S/C69H46IN2/c1-3-47-63(48-25-11-10-20-42(48)2)53-28-14-16-30-55(53)65-58-40-43(34-38-61(58)71(68(47)65)45-21-6-4-7-22-45)49-36-37-50(52-27-13-12-26-51(49)52)44-35-39-62-59(41-44)66-56-31-17-15-29-54(56)64-57-32-18-19-33-60(57)70-67(64)69(66)72(62)46-23-8-5-9-24-46/h4-41H,3H2,1-2H3/q-1. The molecule has 0 radical (unpaired) electrons. The third-order valence-corrected chi connectivity index (χ3v) is 18.7. The van der Waals surface area contributed by atoms with Crippen LogP contribution in [0.1, 0.15) is 18.1 Å². The molecule has 1 aliphatic rings. The molecule has 0 unspecified atom stereocenters. The Hall–Kier alpha value is -8.25. The van der Waals surface area contributed by atoms with Crippen LogP contribution >= 0.6 is 0 Å². The maximum absolute atomic E-state index is 2.56. The third kappa shape index (κ3) is 5.95. The zero-order chi connectivity index (χ0) is 47.6. The summed E-state index contributed by atoms with van der Waals surface area (Å²) in [5.41, 5.74) is 20.6. The molecule has 0 amide bonds. The average Bonchev–Trinajstić information content (AvgIpc) is 4.12. The van der Waals surface area contributed by atoms with Gasteiger partial charge in [0.25, 0.3) is 0 Å². The Morgan fingerprint density at radius 3 is 1.39 bits per heavy atom. The second-order valence-electron chi connectivity index (χ2n) is 19.3. The minimum Gasteiger partial charge on any atom is -0.309 e. The van der Waals surface area contributed by atoms with Gasteiger partial charge in [-0.1, -0.05) is 73.7 Å². The summed E-state index contributed by atoms with van der Waals surface area (Å²) in [7, 11) is 0. The molecule has 0 bridgehead atoms. The van der Waals surface area contributed by atoms with Gasteiger partial charge in [0, 0.05) is 16.5 Å². The summed E-state index contributed by atoms with van der Waals surface area (Å²) in [5.74, 6) is 0. The Balaban J connectivity index is 0.965. The second kappa shape index (κ2) is 16.1. The van der Waals surface area contributed by atoms with E-state index in [1.165, 1.54) is 150 Å². The molecular weight excluding hydrogens is 984 g/mol. The molecule has 0 saturated carbocycles. The van der Waals surface area contributed by atoms with E-state index in [-0.39, 0.29) is 0 Å². The predicted molar refractivity (Wildman–Crippen MR) is 301 cm³/mol. The van der Waals surface area contributed by atoms with Gasteiger partial charge in [0.1, 0.15) is 0 Å². The average molecular weight is 1030 g/mol. The molecule has 14 aromatic rings. The summed E-state index contributed by atoms with van der Waals surface area (Å²) < 4.78 is 8.13. The smallest absolute Gasteiger partial charge is 0.309 e. The number of aromatic nitrogens is 2. The Bertz CT molecular complexity index is 4580. The fourth-order valence-electron chi connectivity index (χ4n) is 12.5. The molecule has 3 heterocycles. The van der Waals surface area contributed by atoms with Crippen molar-refractivity contribution in [2.45, 2.75) is 20.3 Å². The molecule has 0 N–H and O–H groups in total. The number of halogens is 1. The van der Waals surface area contributed by atoms with Crippen LogP contribution in [0.4, 0.5) is 0 Å². The summed E-state index contributed by atoms with van der Waals surface area (Å²) in [4.78, 5) is 0. The molecule has 0 atom stereocenters. The zero-order valence-corrected chi connectivity index (χ0v) is 42.1. The SMILES string of the molecule is CCc1c(-c2ccccc2C)c2ccccc2c2c3cc(-c4ccc(-c5ccc6c(c5)c5c7ccccc7c7c(c5n6-c5ccccc5)[I-]c5ccccc5-7)c5ccccc45)ccc3n(-c3ccccc3)c12. The van der Waals surface area contributed by atoms with Crippen molar-refractivity contribution >= 4 is 75.9 Å². The van der Waals surface area contributed by atoms with Gasteiger partial charge in [-0.15, -0.1) is 0 Å². The minimum absolute atomic E-state index is 0.403. The quantitative estimate of drug-likeness (QED) is 0.147. The van der Waals surface area contributed by atoms with Crippen LogP contribution in [0.5, 0.6) is 0 Å². The van der Waals surface area contributed by atoms with E-state index in [0.717, 1.165) is 6.42 Å². The van der Waals surface area contributed by atoms with Crippen LogP contribution in [0.3, 0.4) is 0 Å². The number of fused-ring (bicyclic) bond motifs is 16. The first-order valence-corrected chi connectivity index (χ1v) is 27.3. The van der Waals surface area contributed by atoms with Gasteiger partial charge in [0.05, 0.1) is 11.0 Å². The Morgan fingerprint density at radius 2 is 0.819 bits per heavy atom. The van der Waals surface area contributed by atoms with Gasteiger partial charge in [-0.2, -0.15) is 0 Å². The molecule has 340 valence electrons. The molecule has 3 heteroatoms. The van der Waals surface area contributed by atoms with Gasteiger partial charge in [0.2, 0.25) is 0 Å². The summed E-state index contributed by atoms with van der Waals surface area (Å²) in [6, 6.07) is 86.5. The molecule has 2 aromatic heterocycles. The number of hydrogen-bond donors (Lipinski definition) is 0. The zero-order valence-electron chi connectivity index (χ0n) is 39.9. The van der Waals surface area contributed by atoms with Gasteiger partial charge in [-0.05, 0) is 64.6 Å². The summed E-state index contributed by atoms with van der Waals surface area (Å²) in [6.45, 7) is 4.57. The molecule has 0 fully saturated rings. The summed E-state index contributed by atoms with van der Waals surface area (Å²) >= 11 is -0.403. The van der Waals surface area contributed by atoms with Gasteiger partial charge < -0.3 is 4.57 Å². The molecule has 15 rings (SSSR count). The molecule has 12 aromatic carbocycles. The molecule has 0 saturated heterocycles. The maximum atomic E-state index is 2.56. The van der Waals surface area contributed by atoms with Crippen LogP contribution in [-0.4, -0.2) is 9.13 Å². The fourth-order valence-corrected chi connectivity index (χ4v) is 15.8. The van der Waals surface area contributed by atoms with Crippen LogP contribution in [0.2, 0.25) is 0 Å². The number of nitrogens with zero attached hydrogens (tertiary/aromatic N) is 2. The first-order chi connectivity index (χ1) is 35.6. The first-order valence-electron chi connectivity index (χ1n) is 25.1. The molecule has 0 aliphatic carbocycles. The van der Waals surface area contributed by atoms with E-state index in [4.69, 9.17) is 0 Å². The number of para-hydroxylation sites is 2. The fraction of sp³-hybridized carbons (Fsp3) is 0.0435. The van der Waals surface area contributed by atoms with Crippen LogP contribution in [0.15, 0.2) is 231 Å². The molecule has 72 heavy (non-hydrogen) atoms. The van der Waals surface area contributed by atoms with E-state index >= 15 is 0 Å². The van der Waals surface area contributed by atoms with E-state index in [0.29, 0.717) is 0 Å². The minimum atomic E-state index is -0.403. The van der Waals surface area contributed by atoms with Gasteiger partial charge in [-0.3, -0.25) is 0 Å². The van der Waals surface area contributed by atoms with E-state index in [9.17, 15) is 0 Å². The van der Waals surface area contributed by atoms with Crippen molar-refractivity contribution in [2.24, 2.45) is 0 Å². The van der Waals surface area contributed by atoms with Crippen molar-refractivity contribution in [2.75, 3.05) is 0 Å². The molecule has 0 spiro atoms. The van der Waals surface area contributed by atoms with Gasteiger partial charge in [-0.25, -0.2) is 0 Å². The number of aryl methyl sites for hydroxylation is 2. The summed E-state index contributed by atoms with van der Waals surface area (Å²) in [5, 5.41) is 13.0. The van der Waals surface area contributed by atoms with Crippen molar-refractivity contribution in [3.8, 4) is 55.9 Å². The van der Waals surface area contributed by atoms with Crippen LogP contribution in [-0.2, 0) is 6.42 Å². The van der Waals surface area contributed by atoms with Gasteiger partial charge >= 0.3 is 261 Å². The molecule has 2 nitrogen and oxygen atoms in total. The van der Waals surface area contributed by atoms with E-state index in [1.54, 1.807) is 0 Å². The van der Waals surface area contributed by atoms with E-state index in [1.807, 2.05) is 0 Å². The number of benzene rings is 12. The molecular formula is C69H46IN2-. The van der Waals surface area contributed by atoms with Crippen molar-refractivity contribution in [1.82, 2.24) is 9.13 Å². The first kappa shape index (κ1) is 41.5. The van der Waals surface area contributed by atoms with Crippen LogP contribution in [0.25, 0.3) is 132 Å². The van der Waals surface area contributed by atoms with E-state index < -0.39 is 21.2 Å². The Labute approximate surface area is 428 Å². The normalized spacial score (nSPS) is 12.4. The van der Waals surface area contributed by atoms with Crippen molar-refractivity contribution < 1.29 is 21.2 Å².